The second kappa shape index (κ2) is 8.97. The molecule has 0 aliphatic carbocycles. The highest BCUT2D eigenvalue weighted by atomic mass is 16.5. The quantitative estimate of drug-likeness (QED) is 0.581. The fourth-order valence-electron chi connectivity index (χ4n) is 2.46. The average Bonchev–Trinajstić information content (AvgIpc) is 2.18. The third kappa shape index (κ3) is 7.20. The summed E-state index contributed by atoms with van der Waals surface area (Å²) in [5.41, 5.74) is 0.394. The Morgan fingerprint density at radius 3 is 2.56 bits per heavy atom. The van der Waals surface area contributed by atoms with Gasteiger partial charge in [0.15, 0.2) is 0 Å². The molecule has 98 valence electrons. The van der Waals surface area contributed by atoms with Crippen molar-refractivity contribution in [1.29, 1.82) is 0 Å². The Labute approximate surface area is 102 Å². The number of methoxy groups -OCH3 is 1. The summed E-state index contributed by atoms with van der Waals surface area (Å²) in [6, 6.07) is 0. The molecule has 0 saturated heterocycles. The molecule has 0 saturated carbocycles. The van der Waals surface area contributed by atoms with E-state index in [1.54, 1.807) is 7.11 Å². The zero-order chi connectivity index (χ0) is 12.4. The summed E-state index contributed by atoms with van der Waals surface area (Å²) in [5, 5.41) is 3.31. The predicted molar refractivity (Wildman–Crippen MR) is 70.9 cm³/mol. The minimum absolute atomic E-state index is 0.394. The van der Waals surface area contributed by atoms with E-state index in [-0.39, 0.29) is 0 Å². The van der Waals surface area contributed by atoms with Crippen LogP contribution < -0.4 is 5.32 Å². The Morgan fingerprint density at radius 2 is 2.06 bits per heavy atom. The van der Waals surface area contributed by atoms with Crippen molar-refractivity contribution in [3.05, 3.63) is 0 Å². The van der Waals surface area contributed by atoms with Gasteiger partial charge in [0.1, 0.15) is 0 Å². The van der Waals surface area contributed by atoms with Crippen LogP contribution in [-0.2, 0) is 4.74 Å². The summed E-state index contributed by atoms with van der Waals surface area (Å²) < 4.78 is 5.08. The standard InChI is InChI=1S/C13H30N2O/c1-6-8-13(2,11-14-3)12-15(4)9-7-10-16-5/h14H,6-12H2,1-5H3. The first-order chi connectivity index (χ1) is 7.58. The van der Waals surface area contributed by atoms with Crippen molar-refractivity contribution in [3.8, 4) is 0 Å². The summed E-state index contributed by atoms with van der Waals surface area (Å²) in [4.78, 5) is 2.42. The molecule has 0 radical (unpaired) electrons. The van der Waals surface area contributed by atoms with Crippen LogP contribution in [-0.4, -0.2) is 52.3 Å². The Balaban J connectivity index is 3.96. The fraction of sp³-hybridized carbons (Fsp3) is 1.00. The molecule has 0 aromatic rings. The van der Waals surface area contributed by atoms with Gasteiger partial charge in [0.25, 0.3) is 0 Å². The maximum Gasteiger partial charge on any atom is 0.0474 e. The van der Waals surface area contributed by atoms with Crippen LogP contribution in [0.5, 0.6) is 0 Å². The lowest BCUT2D eigenvalue weighted by molar-refractivity contribution is 0.148. The zero-order valence-corrected chi connectivity index (χ0v) is 11.8. The van der Waals surface area contributed by atoms with Gasteiger partial charge in [-0.1, -0.05) is 20.3 Å². The van der Waals surface area contributed by atoms with Crippen molar-refractivity contribution in [2.45, 2.75) is 33.1 Å². The summed E-state index contributed by atoms with van der Waals surface area (Å²) in [7, 11) is 6.01. The molecular weight excluding hydrogens is 200 g/mol. The number of nitrogens with zero attached hydrogens (tertiary/aromatic N) is 1. The smallest absolute Gasteiger partial charge is 0.0474 e. The van der Waals surface area contributed by atoms with Crippen molar-refractivity contribution >= 4 is 0 Å². The van der Waals surface area contributed by atoms with Crippen molar-refractivity contribution in [2.24, 2.45) is 5.41 Å². The number of hydrogen-bond acceptors (Lipinski definition) is 3. The lowest BCUT2D eigenvalue weighted by Gasteiger charge is -2.33. The Bertz CT molecular complexity index is 156. The van der Waals surface area contributed by atoms with Crippen LogP contribution in [0, 0.1) is 5.41 Å². The van der Waals surface area contributed by atoms with Gasteiger partial charge in [-0.25, -0.2) is 0 Å². The summed E-state index contributed by atoms with van der Waals surface area (Å²) in [6.45, 7) is 8.87. The first-order valence-electron chi connectivity index (χ1n) is 6.40. The molecule has 1 N–H and O–H groups in total. The molecule has 0 aromatic carbocycles. The van der Waals surface area contributed by atoms with Crippen LogP contribution in [0.15, 0.2) is 0 Å². The van der Waals surface area contributed by atoms with E-state index in [2.05, 4.69) is 31.1 Å². The van der Waals surface area contributed by atoms with Crippen LogP contribution in [0.25, 0.3) is 0 Å². The highest BCUT2D eigenvalue weighted by Crippen LogP contribution is 2.23. The van der Waals surface area contributed by atoms with E-state index in [0.29, 0.717) is 5.41 Å². The van der Waals surface area contributed by atoms with Crippen molar-refractivity contribution in [3.63, 3.8) is 0 Å². The molecule has 0 bridgehead atoms. The second-order valence-electron chi connectivity index (χ2n) is 5.18. The van der Waals surface area contributed by atoms with E-state index in [0.717, 1.165) is 32.7 Å². The van der Waals surface area contributed by atoms with Crippen LogP contribution >= 0.6 is 0 Å². The van der Waals surface area contributed by atoms with Crippen LogP contribution in [0.2, 0.25) is 0 Å². The maximum atomic E-state index is 5.08. The Hall–Kier alpha value is -0.120. The molecule has 0 fully saturated rings. The number of rotatable bonds is 10. The first kappa shape index (κ1) is 15.9. The number of hydrogen-bond donors (Lipinski definition) is 1. The third-order valence-electron chi connectivity index (χ3n) is 3.00. The molecule has 0 heterocycles. The Kier molecular flexibility index (Phi) is 8.90. The maximum absolute atomic E-state index is 5.08. The average molecular weight is 230 g/mol. The van der Waals surface area contributed by atoms with E-state index in [4.69, 9.17) is 4.74 Å². The fourth-order valence-corrected chi connectivity index (χ4v) is 2.46. The van der Waals surface area contributed by atoms with Crippen molar-refractivity contribution in [2.75, 3.05) is 47.4 Å². The van der Waals surface area contributed by atoms with Crippen LogP contribution in [0.4, 0.5) is 0 Å². The molecule has 1 unspecified atom stereocenters. The van der Waals surface area contributed by atoms with Gasteiger partial charge in [-0.05, 0) is 32.4 Å². The van der Waals surface area contributed by atoms with Crippen molar-refractivity contribution in [1.82, 2.24) is 10.2 Å². The molecule has 1 atom stereocenters. The molecule has 0 aliphatic heterocycles. The summed E-state index contributed by atoms with van der Waals surface area (Å²) in [6.07, 6.45) is 3.65. The molecule has 16 heavy (non-hydrogen) atoms. The van der Waals surface area contributed by atoms with Gasteiger partial charge >= 0.3 is 0 Å². The van der Waals surface area contributed by atoms with E-state index < -0.39 is 0 Å². The van der Waals surface area contributed by atoms with E-state index in [1.807, 2.05) is 7.05 Å². The first-order valence-corrected chi connectivity index (χ1v) is 6.40. The van der Waals surface area contributed by atoms with Crippen LogP contribution in [0.1, 0.15) is 33.1 Å². The van der Waals surface area contributed by atoms with Gasteiger partial charge in [-0.3, -0.25) is 0 Å². The molecule has 0 amide bonds. The summed E-state index contributed by atoms with van der Waals surface area (Å²) in [5.74, 6) is 0. The van der Waals surface area contributed by atoms with Gasteiger partial charge in [0.2, 0.25) is 0 Å². The lowest BCUT2D eigenvalue weighted by atomic mass is 9.85. The number of nitrogens with one attached hydrogen (secondary N) is 1. The molecule has 0 aliphatic rings. The summed E-state index contributed by atoms with van der Waals surface area (Å²) >= 11 is 0. The van der Waals surface area contributed by atoms with Crippen LogP contribution in [0.3, 0.4) is 0 Å². The van der Waals surface area contributed by atoms with Gasteiger partial charge < -0.3 is 15.0 Å². The molecule has 3 heteroatoms. The third-order valence-corrected chi connectivity index (χ3v) is 3.00. The van der Waals surface area contributed by atoms with Crippen molar-refractivity contribution < 1.29 is 4.74 Å². The molecule has 0 rings (SSSR count). The predicted octanol–water partition coefficient (Wildman–Crippen LogP) is 1.98. The minimum atomic E-state index is 0.394. The van der Waals surface area contributed by atoms with Gasteiger partial charge in [-0.15, -0.1) is 0 Å². The molecule has 0 spiro atoms. The number of ether oxygens (including phenoxy) is 1. The largest absolute Gasteiger partial charge is 0.385 e. The molecule has 3 nitrogen and oxygen atoms in total. The van der Waals surface area contributed by atoms with E-state index >= 15 is 0 Å². The van der Waals surface area contributed by atoms with Gasteiger partial charge in [0.05, 0.1) is 0 Å². The zero-order valence-electron chi connectivity index (χ0n) is 11.8. The van der Waals surface area contributed by atoms with Gasteiger partial charge in [-0.2, -0.15) is 0 Å². The highest BCUT2D eigenvalue weighted by Gasteiger charge is 2.23. The normalized spacial score (nSPS) is 15.4. The van der Waals surface area contributed by atoms with Gasteiger partial charge in [0, 0.05) is 33.4 Å². The minimum Gasteiger partial charge on any atom is -0.385 e. The topological polar surface area (TPSA) is 24.5 Å². The highest BCUT2D eigenvalue weighted by molar-refractivity contribution is 4.79. The monoisotopic (exact) mass is 230 g/mol. The second-order valence-corrected chi connectivity index (χ2v) is 5.18. The van der Waals surface area contributed by atoms with E-state index in [9.17, 15) is 0 Å². The van der Waals surface area contributed by atoms with E-state index in [1.165, 1.54) is 12.8 Å². The molecule has 0 aromatic heterocycles. The molecular formula is C13H30N2O. The lowest BCUT2D eigenvalue weighted by Crippen LogP contribution is -2.40. The SMILES string of the molecule is CCCC(C)(CNC)CN(C)CCCOC. The Morgan fingerprint density at radius 1 is 1.38 bits per heavy atom.